The summed E-state index contributed by atoms with van der Waals surface area (Å²) >= 11 is 15.8. The Hall–Kier alpha value is -6.10. The first-order valence-corrected chi connectivity index (χ1v) is 21.1. The molecule has 0 spiro atoms. The van der Waals surface area contributed by atoms with Crippen LogP contribution in [0.25, 0.3) is 27.0 Å². The Morgan fingerprint density at radius 1 is 0.750 bits per heavy atom. The van der Waals surface area contributed by atoms with Gasteiger partial charge in [-0.05, 0) is 103 Å². The quantitative estimate of drug-likeness (QED) is 0.0792. The highest BCUT2D eigenvalue weighted by Gasteiger charge is 2.28. The molecule has 0 saturated heterocycles. The van der Waals surface area contributed by atoms with Crippen LogP contribution in [0.2, 0.25) is 10.0 Å². The highest BCUT2D eigenvalue weighted by atomic mass is 35.5. The summed E-state index contributed by atoms with van der Waals surface area (Å²) < 4.78 is 11.9. The fourth-order valence-corrected chi connectivity index (χ4v) is 8.73. The molecule has 6 aromatic rings. The van der Waals surface area contributed by atoms with Crippen LogP contribution in [0, 0.1) is 11.8 Å². The summed E-state index contributed by atoms with van der Waals surface area (Å²) in [5.74, 6) is 6.15. The first-order chi connectivity index (χ1) is 29.0. The van der Waals surface area contributed by atoms with E-state index in [-0.39, 0.29) is 35.6 Å². The lowest BCUT2D eigenvalue weighted by Crippen LogP contribution is -2.33. The predicted molar refractivity (Wildman–Crippen MR) is 236 cm³/mol. The second-order valence-corrected chi connectivity index (χ2v) is 16.8. The Morgan fingerprint density at radius 3 is 1.80 bits per heavy atom. The van der Waals surface area contributed by atoms with Crippen LogP contribution in [0.4, 0.5) is 0 Å². The smallest absolute Gasteiger partial charge is 0.296 e. The third kappa shape index (κ3) is 10.7. The Bertz CT molecular complexity index is 2670. The van der Waals surface area contributed by atoms with Gasteiger partial charge in [0.15, 0.2) is 11.6 Å². The number of hydrogen-bond donors (Lipinski definition) is 2. The van der Waals surface area contributed by atoms with Crippen molar-refractivity contribution < 1.29 is 28.7 Å². The molecule has 0 bridgehead atoms. The minimum atomic E-state index is -0.374. The molecule has 0 aliphatic carbocycles. The lowest BCUT2D eigenvalue weighted by atomic mass is 10.1. The van der Waals surface area contributed by atoms with Crippen LogP contribution in [0.5, 0.6) is 11.5 Å². The van der Waals surface area contributed by atoms with Gasteiger partial charge in [-0.2, -0.15) is 0 Å². The van der Waals surface area contributed by atoms with Crippen molar-refractivity contribution in [3.63, 3.8) is 0 Å². The van der Waals surface area contributed by atoms with Gasteiger partial charge in [-0.25, -0.2) is 0 Å². The van der Waals surface area contributed by atoms with E-state index in [1.165, 1.54) is 28.7 Å². The molecule has 60 heavy (non-hydrogen) atoms. The van der Waals surface area contributed by atoms with Crippen LogP contribution in [0.3, 0.4) is 0 Å². The first-order valence-electron chi connectivity index (χ1n) is 18.8. The minimum Gasteiger partial charge on any atom is -0.486 e. The number of amides is 2. The first kappa shape index (κ1) is 42.0. The van der Waals surface area contributed by atoms with Crippen molar-refractivity contribution >= 4 is 75.3 Å². The number of nitrogens with zero attached hydrogens (tertiary/aromatic N) is 2. The van der Waals surface area contributed by atoms with Gasteiger partial charge in [-0.3, -0.25) is 29.1 Å². The molecule has 2 atom stereocenters. The predicted octanol–water partition coefficient (Wildman–Crippen LogP) is 8.94. The van der Waals surface area contributed by atoms with Crippen molar-refractivity contribution in [2.75, 3.05) is 13.1 Å². The summed E-state index contributed by atoms with van der Waals surface area (Å²) in [7, 11) is 0. The third-order valence-corrected chi connectivity index (χ3v) is 12.3. The van der Waals surface area contributed by atoms with Gasteiger partial charge < -0.3 is 20.1 Å². The Balaban J connectivity index is 0.000000181. The molecule has 0 radical (unpaired) electrons. The number of aromatic nitrogens is 2. The lowest BCUT2D eigenvalue weighted by molar-refractivity contribution is -0.117. The van der Waals surface area contributed by atoms with Gasteiger partial charge in [0.05, 0.1) is 32.9 Å². The number of Topliss-reactive ketones (excluding diaryl/α,β-unsaturated/α-hetero) is 2. The summed E-state index contributed by atoms with van der Waals surface area (Å²) in [5, 5.41) is 6.69. The maximum Gasteiger partial charge on any atom is 0.296 e. The van der Waals surface area contributed by atoms with E-state index in [4.69, 9.17) is 32.7 Å². The number of ether oxygens (including phenoxy) is 2. The van der Waals surface area contributed by atoms with Gasteiger partial charge in [0, 0.05) is 76.1 Å². The van der Waals surface area contributed by atoms with Crippen molar-refractivity contribution in [3.05, 3.63) is 146 Å². The van der Waals surface area contributed by atoms with E-state index < -0.39 is 0 Å². The molecule has 4 aromatic heterocycles. The van der Waals surface area contributed by atoms with Gasteiger partial charge in [0.2, 0.25) is 5.91 Å². The molecule has 0 saturated carbocycles. The van der Waals surface area contributed by atoms with Gasteiger partial charge >= 0.3 is 0 Å². The average molecular weight is 876 g/mol. The molecule has 302 valence electrons. The number of halogens is 2. The number of hydrogen-bond acceptors (Lipinski definition) is 10. The van der Waals surface area contributed by atoms with Crippen LogP contribution >= 0.6 is 45.9 Å². The molecule has 8 rings (SSSR count). The fourth-order valence-electron chi connectivity index (χ4n) is 6.39. The number of pyridine rings is 2. The van der Waals surface area contributed by atoms with Crippen molar-refractivity contribution in [1.29, 1.82) is 0 Å². The molecule has 10 nitrogen and oxygen atoms in total. The van der Waals surface area contributed by atoms with Crippen LogP contribution in [0.1, 0.15) is 55.4 Å². The topological polar surface area (TPSA) is 137 Å². The number of carbonyl (C=O) groups excluding carboxylic acids is 4. The van der Waals surface area contributed by atoms with Crippen molar-refractivity contribution in [2.45, 2.75) is 38.9 Å². The number of thiophene rings is 2. The molecular formula is C46H36Cl2N4O6S2. The Morgan fingerprint density at radius 2 is 1.30 bits per heavy atom. The monoisotopic (exact) mass is 874 g/mol. The Kier molecular flexibility index (Phi) is 13.5. The van der Waals surface area contributed by atoms with E-state index in [9.17, 15) is 19.2 Å². The molecule has 2 N–H and O–H groups in total. The molecule has 6 heterocycles. The van der Waals surface area contributed by atoms with E-state index in [1.54, 1.807) is 56.8 Å². The molecule has 2 aliphatic rings. The maximum absolute atomic E-state index is 12.1. The molecule has 0 fully saturated rings. The second-order valence-electron chi connectivity index (χ2n) is 13.8. The third-order valence-electron chi connectivity index (χ3n) is 9.27. The van der Waals surface area contributed by atoms with E-state index in [0.717, 1.165) is 42.4 Å². The summed E-state index contributed by atoms with van der Waals surface area (Å²) in [6.45, 7) is 3.82. The lowest BCUT2D eigenvalue weighted by Gasteiger charge is -2.11. The molecular weight excluding hydrogens is 840 g/mol. The van der Waals surface area contributed by atoms with E-state index >= 15 is 0 Å². The normalized spacial score (nSPS) is 14.7. The second kappa shape index (κ2) is 19.3. The highest BCUT2D eigenvalue weighted by Crippen LogP contribution is 2.42. The van der Waals surface area contributed by atoms with E-state index in [0.29, 0.717) is 57.9 Å². The van der Waals surface area contributed by atoms with Crippen LogP contribution < -0.4 is 20.1 Å². The van der Waals surface area contributed by atoms with Crippen molar-refractivity contribution in [1.82, 2.24) is 20.6 Å². The zero-order chi connectivity index (χ0) is 42.2. The van der Waals surface area contributed by atoms with Gasteiger partial charge in [0.1, 0.15) is 23.7 Å². The highest BCUT2D eigenvalue weighted by molar-refractivity contribution is 7.17. The number of rotatable bonds is 10. The zero-order valence-corrected chi connectivity index (χ0v) is 35.4. The van der Waals surface area contributed by atoms with Crippen LogP contribution in [-0.2, 0) is 22.4 Å². The molecule has 2 amide bonds. The van der Waals surface area contributed by atoms with E-state index in [2.05, 4.69) is 32.4 Å². The standard InChI is InChI=1S/C23H19ClN2O3S.C23H17ClN2O3S/c2*1-14(27)20-5-6-21(30-20)16-9-17-10-18(29-23(17)19(24)11-16)13-26-22(28)7-4-15-3-2-8-25-12-15/h2-9,11-12,18H,10,13H2,1H3,(H,26,28);2-3,5-6,8-9,11-12,18H,10,13H2,1H3,(H,26,28)/b7-4-;. The number of fused-ring (bicyclic) bond motifs is 2. The average Bonchev–Trinajstić information content (AvgIpc) is 4.08. The SMILES string of the molecule is CC(=O)c1ccc(-c2cc(Cl)c3c(c2)CC(CNC(=O)/C=C\c2cccnc2)O3)s1.CC(=O)c1ccc(-c2cc(Cl)c3c(c2)CC(CNC(=O)C#Cc2cccnc2)O3)s1. The number of ketones is 2. The van der Waals surface area contributed by atoms with Crippen molar-refractivity contribution in [3.8, 4) is 44.2 Å². The summed E-state index contributed by atoms with van der Waals surface area (Å²) in [6.07, 6.45) is 10.7. The van der Waals surface area contributed by atoms with E-state index in [1.807, 2.05) is 60.7 Å². The zero-order valence-electron chi connectivity index (χ0n) is 32.3. The molecule has 2 aromatic carbocycles. The number of nitrogens with one attached hydrogen (secondary N) is 2. The number of carbonyl (C=O) groups is 4. The minimum absolute atomic E-state index is 0.0456. The number of benzene rings is 2. The molecule has 14 heteroatoms. The molecule has 2 aliphatic heterocycles. The molecule has 2 unspecified atom stereocenters. The largest absolute Gasteiger partial charge is 0.486 e. The maximum atomic E-state index is 12.1. The van der Waals surface area contributed by atoms with Gasteiger partial charge in [-0.15, -0.1) is 22.7 Å². The summed E-state index contributed by atoms with van der Waals surface area (Å²) in [4.78, 5) is 58.6. The van der Waals surface area contributed by atoms with Gasteiger partial charge in [-0.1, -0.05) is 35.2 Å². The van der Waals surface area contributed by atoms with Crippen LogP contribution in [0.15, 0.2) is 104 Å². The van der Waals surface area contributed by atoms with Gasteiger partial charge in [0.25, 0.3) is 5.91 Å². The summed E-state index contributed by atoms with van der Waals surface area (Å²) in [6, 6.07) is 22.5. The fraction of sp³-hybridized carbons (Fsp3) is 0.174. The van der Waals surface area contributed by atoms with Crippen molar-refractivity contribution in [2.24, 2.45) is 0 Å². The Labute approximate surface area is 364 Å². The summed E-state index contributed by atoms with van der Waals surface area (Å²) in [5.41, 5.74) is 5.43. The van der Waals surface area contributed by atoms with Crippen LogP contribution in [-0.4, -0.2) is 58.6 Å².